The van der Waals surface area contributed by atoms with Crippen molar-refractivity contribution in [2.24, 2.45) is 5.92 Å². The van der Waals surface area contributed by atoms with Crippen LogP contribution >= 0.6 is 0 Å². The van der Waals surface area contributed by atoms with E-state index in [9.17, 15) is 4.79 Å². The summed E-state index contributed by atoms with van der Waals surface area (Å²) in [4.78, 5) is 11.8. The molecule has 0 saturated heterocycles. The molecule has 0 bridgehead atoms. The van der Waals surface area contributed by atoms with E-state index in [2.05, 4.69) is 19.2 Å². The smallest absolute Gasteiger partial charge is 0.231 e. The summed E-state index contributed by atoms with van der Waals surface area (Å²) in [5, 5.41) is 3.01. The number of aryl methyl sites for hydroxylation is 1. The quantitative estimate of drug-likeness (QED) is 0.888. The Morgan fingerprint density at radius 1 is 1.26 bits per heavy atom. The molecule has 0 saturated carbocycles. The van der Waals surface area contributed by atoms with E-state index in [-0.39, 0.29) is 18.7 Å². The molecule has 4 nitrogen and oxygen atoms in total. The second kappa shape index (κ2) is 5.95. The van der Waals surface area contributed by atoms with Gasteiger partial charge >= 0.3 is 0 Å². The minimum atomic E-state index is 0.0962. The first kappa shape index (κ1) is 13.7. The summed E-state index contributed by atoms with van der Waals surface area (Å²) < 4.78 is 10.6. The second-order valence-electron chi connectivity index (χ2n) is 5.29. The van der Waals surface area contributed by atoms with Crippen LogP contribution in [0.25, 0.3) is 0 Å². The van der Waals surface area contributed by atoms with E-state index >= 15 is 0 Å². The van der Waals surface area contributed by atoms with Crippen molar-refractivity contribution in [3.8, 4) is 11.5 Å². The summed E-state index contributed by atoms with van der Waals surface area (Å²) >= 11 is 0. The Labute approximate surface area is 114 Å². The van der Waals surface area contributed by atoms with Crippen LogP contribution in [0.4, 0.5) is 0 Å². The molecule has 1 aromatic carbocycles. The van der Waals surface area contributed by atoms with Gasteiger partial charge in [0.25, 0.3) is 0 Å². The number of benzene rings is 1. The van der Waals surface area contributed by atoms with Crippen LogP contribution in [0.2, 0.25) is 0 Å². The predicted octanol–water partition coefficient (Wildman–Crippen LogP) is 2.51. The van der Waals surface area contributed by atoms with Crippen LogP contribution in [0.1, 0.15) is 32.8 Å². The summed E-state index contributed by atoms with van der Waals surface area (Å²) in [6, 6.07) is 6.03. The van der Waals surface area contributed by atoms with Gasteiger partial charge in [0.1, 0.15) is 0 Å². The SMILES string of the molecule is CC(C)C(C)NC(=O)CCc1ccc2c(c1)OCO2. The van der Waals surface area contributed by atoms with Gasteiger partial charge in [-0.2, -0.15) is 0 Å². The maximum absolute atomic E-state index is 11.8. The number of rotatable bonds is 5. The van der Waals surface area contributed by atoms with Gasteiger partial charge in [-0.1, -0.05) is 19.9 Å². The van der Waals surface area contributed by atoms with Crippen molar-refractivity contribution < 1.29 is 14.3 Å². The standard InChI is InChI=1S/C15H21NO3/c1-10(2)11(3)16-15(17)7-5-12-4-6-13-14(8-12)19-9-18-13/h4,6,8,10-11H,5,7,9H2,1-3H3,(H,16,17). The molecule has 2 rings (SSSR count). The zero-order valence-electron chi connectivity index (χ0n) is 11.7. The van der Waals surface area contributed by atoms with Crippen molar-refractivity contribution in [2.45, 2.75) is 39.7 Å². The molecule has 4 heteroatoms. The number of ether oxygens (including phenoxy) is 2. The topological polar surface area (TPSA) is 47.6 Å². The maximum Gasteiger partial charge on any atom is 0.231 e. The summed E-state index contributed by atoms with van der Waals surface area (Å²) in [7, 11) is 0. The minimum Gasteiger partial charge on any atom is -0.454 e. The Morgan fingerprint density at radius 2 is 2.00 bits per heavy atom. The molecule has 0 aliphatic carbocycles. The van der Waals surface area contributed by atoms with Gasteiger partial charge < -0.3 is 14.8 Å². The van der Waals surface area contributed by atoms with Crippen molar-refractivity contribution in [3.05, 3.63) is 23.8 Å². The normalized spacial score (nSPS) is 14.5. The Bertz CT molecular complexity index is 457. The first-order chi connectivity index (χ1) is 9.06. The highest BCUT2D eigenvalue weighted by Gasteiger charge is 2.14. The molecular formula is C15H21NO3. The van der Waals surface area contributed by atoms with E-state index in [1.807, 2.05) is 25.1 Å². The maximum atomic E-state index is 11.8. The monoisotopic (exact) mass is 263 g/mol. The molecule has 1 heterocycles. The van der Waals surface area contributed by atoms with E-state index in [1.165, 1.54) is 0 Å². The van der Waals surface area contributed by atoms with Gasteiger partial charge in [0.2, 0.25) is 12.7 Å². The molecule has 1 aliphatic rings. The largest absolute Gasteiger partial charge is 0.454 e. The van der Waals surface area contributed by atoms with Gasteiger partial charge in [0, 0.05) is 12.5 Å². The van der Waals surface area contributed by atoms with Crippen LogP contribution < -0.4 is 14.8 Å². The number of hydrogen-bond acceptors (Lipinski definition) is 3. The highest BCUT2D eigenvalue weighted by Crippen LogP contribution is 2.32. The molecule has 1 amide bonds. The fourth-order valence-electron chi connectivity index (χ4n) is 1.85. The molecule has 0 radical (unpaired) electrons. The van der Waals surface area contributed by atoms with E-state index in [1.54, 1.807) is 0 Å². The minimum absolute atomic E-state index is 0.0962. The molecule has 0 spiro atoms. The lowest BCUT2D eigenvalue weighted by molar-refractivity contribution is -0.121. The molecule has 0 aromatic heterocycles. The van der Waals surface area contributed by atoms with Crippen molar-refractivity contribution in [1.82, 2.24) is 5.32 Å². The van der Waals surface area contributed by atoms with Gasteiger partial charge in [-0.05, 0) is 37.0 Å². The molecule has 1 atom stereocenters. The number of nitrogens with one attached hydrogen (secondary N) is 1. The van der Waals surface area contributed by atoms with Gasteiger partial charge in [-0.3, -0.25) is 4.79 Å². The van der Waals surface area contributed by atoms with Crippen molar-refractivity contribution in [2.75, 3.05) is 6.79 Å². The number of hydrogen-bond donors (Lipinski definition) is 1. The number of carbonyl (C=O) groups is 1. The third kappa shape index (κ3) is 3.63. The van der Waals surface area contributed by atoms with Gasteiger partial charge in [-0.25, -0.2) is 0 Å². The highest BCUT2D eigenvalue weighted by atomic mass is 16.7. The zero-order valence-corrected chi connectivity index (χ0v) is 11.7. The van der Waals surface area contributed by atoms with Gasteiger partial charge in [-0.15, -0.1) is 0 Å². The average molecular weight is 263 g/mol. The Morgan fingerprint density at radius 3 is 2.74 bits per heavy atom. The van der Waals surface area contributed by atoms with E-state index < -0.39 is 0 Å². The first-order valence-electron chi connectivity index (χ1n) is 6.74. The summed E-state index contributed by atoms with van der Waals surface area (Å²) in [5.74, 6) is 2.10. The van der Waals surface area contributed by atoms with Crippen LogP contribution in [0.5, 0.6) is 11.5 Å². The van der Waals surface area contributed by atoms with Crippen LogP contribution in [0, 0.1) is 5.92 Å². The summed E-state index contributed by atoms with van der Waals surface area (Å²) in [6.45, 7) is 6.51. The predicted molar refractivity (Wildman–Crippen MR) is 73.3 cm³/mol. The van der Waals surface area contributed by atoms with E-state index in [0.29, 0.717) is 18.8 Å². The number of amides is 1. The van der Waals surface area contributed by atoms with Crippen LogP contribution in [-0.4, -0.2) is 18.7 Å². The lowest BCUT2D eigenvalue weighted by atomic mass is 10.1. The molecular weight excluding hydrogens is 242 g/mol. The lowest BCUT2D eigenvalue weighted by Gasteiger charge is -2.17. The van der Waals surface area contributed by atoms with Crippen LogP contribution in [0.15, 0.2) is 18.2 Å². The summed E-state index contributed by atoms with van der Waals surface area (Å²) in [5.41, 5.74) is 1.09. The summed E-state index contributed by atoms with van der Waals surface area (Å²) in [6.07, 6.45) is 1.21. The number of fused-ring (bicyclic) bond motifs is 1. The Hall–Kier alpha value is -1.71. The van der Waals surface area contributed by atoms with Crippen LogP contribution in [0.3, 0.4) is 0 Å². The van der Waals surface area contributed by atoms with E-state index in [4.69, 9.17) is 9.47 Å². The van der Waals surface area contributed by atoms with E-state index in [0.717, 1.165) is 17.1 Å². The third-order valence-electron chi connectivity index (χ3n) is 3.47. The van der Waals surface area contributed by atoms with Gasteiger partial charge in [0.15, 0.2) is 11.5 Å². The van der Waals surface area contributed by atoms with Crippen molar-refractivity contribution in [3.63, 3.8) is 0 Å². The Balaban J connectivity index is 1.84. The molecule has 104 valence electrons. The molecule has 1 aliphatic heterocycles. The number of carbonyl (C=O) groups excluding carboxylic acids is 1. The third-order valence-corrected chi connectivity index (χ3v) is 3.47. The van der Waals surface area contributed by atoms with Crippen molar-refractivity contribution in [1.29, 1.82) is 0 Å². The van der Waals surface area contributed by atoms with Gasteiger partial charge in [0.05, 0.1) is 0 Å². The highest BCUT2D eigenvalue weighted by molar-refractivity contribution is 5.76. The molecule has 19 heavy (non-hydrogen) atoms. The zero-order chi connectivity index (χ0) is 13.8. The molecule has 1 aromatic rings. The molecule has 0 fully saturated rings. The fraction of sp³-hybridized carbons (Fsp3) is 0.533. The molecule has 1 N–H and O–H groups in total. The average Bonchev–Trinajstić information content (AvgIpc) is 2.83. The Kier molecular flexibility index (Phi) is 4.30. The second-order valence-corrected chi connectivity index (χ2v) is 5.29. The lowest BCUT2D eigenvalue weighted by Crippen LogP contribution is -2.36. The fourth-order valence-corrected chi connectivity index (χ4v) is 1.85. The van der Waals surface area contributed by atoms with Crippen LogP contribution in [-0.2, 0) is 11.2 Å². The van der Waals surface area contributed by atoms with Crippen molar-refractivity contribution >= 4 is 5.91 Å². The molecule has 1 unspecified atom stereocenters. The first-order valence-corrected chi connectivity index (χ1v) is 6.74.